The Morgan fingerprint density at radius 2 is 1.81 bits per heavy atom. The quantitative estimate of drug-likeness (QED) is 0.512. The van der Waals surface area contributed by atoms with E-state index in [9.17, 15) is 13.2 Å². The van der Waals surface area contributed by atoms with E-state index in [0.717, 1.165) is 12.8 Å². The molecule has 0 spiro atoms. The molecular formula is C23H25ClN2O4S. The first kappa shape index (κ1) is 23.0. The summed E-state index contributed by atoms with van der Waals surface area (Å²) < 4.78 is 30.7. The fourth-order valence-corrected chi connectivity index (χ4v) is 4.67. The Balaban J connectivity index is 1.57. The molecule has 0 fully saturated rings. The van der Waals surface area contributed by atoms with Gasteiger partial charge in [0.1, 0.15) is 11.5 Å². The van der Waals surface area contributed by atoms with Crippen molar-refractivity contribution < 1.29 is 17.6 Å². The lowest BCUT2D eigenvalue weighted by Crippen LogP contribution is -2.37. The second-order valence-corrected chi connectivity index (χ2v) is 10.00. The number of sulfone groups is 1. The van der Waals surface area contributed by atoms with Crippen LogP contribution in [0.25, 0.3) is 11.5 Å². The molecule has 0 bridgehead atoms. The van der Waals surface area contributed by atoms with E-state index >= 15 is 0 Å². The van der Waals surface area contributed by atoms with Crippen LogP contribution in [0.4, 0.5) is 0 Å². The van der Waals surface area contributed by atoms with Crippen molar-refractivity contribution in [1.82, 2.24) is 10.3 Å². The van der Waals surface area contributed by atoms with Gasteiger partial charge in [-0.2, -0.15) is 0 Å². The number of hydrogen-bond acceptors (Lipinski definition) is 5. The van der Waals surface area contributed by atoms with Crippen LogP contribution in [0, 0.1) is 6.92 Å². The average Bonchev–Trinajstić information content (AvgIpc) is 3.06. The number of rotatable bonds is 9. The number of aryl methyl sites for hydroxylation is 2. The van der Waals surface area contributed by atoms with Crippen molar-refractivity contribution in [2.45, 2.75) is 38.5 Å². The predicted molar refractivity (Wildman–Crippen MR) is 122 cm³/mol. The number of amides is 1. The third-order valence-corrected chi connectivity index (χ3v) is 6.57. The lowest BCUT2D eigenvalue weighted by Gasteiger charge is -2.14. The Morgan fingerprint density at radius 1 is 1.13 bits per heavy atom. The van der Waals surface area contributed by atoms with Gasteiger partial charge >= 0.3 is 0 Å². The van der Waals surface area contributed by atoms with Crippen LogP contribution in [0.1, 0.15) is 30.4 Å². The van der Waals surface area contributed by atoms with Gasteiger partial charge in [0, 0.05) is 6.04 Å². The summed E-state index contributed by atoms with van der Waals surface area (Å²) in [5.41, 5.74) is 2.03. The lowest BCUT2D eigenvalue weighted by atomic mass is 10.1. The minimum atomic E-state index is -3.72. The van der Waals surface area contributed by atoms with Crippen LogP contribution in [0.2, 0.25) is 5.02 Å². The normalized spacial score (nSPS) is 12.5. The molecule has 2 aromatic carbocycles. The first-order valence-electron chi connectivity index (χ1n) is 9.98. The molecule has 6 nitrogen and oxygen atoms in total. The molecular weight excluding hydrogens is 436 g/mol. The molecule has 1 aromatic heterocycles. The number of carbonyl (C=O) groups excluding carboxylic acids is 1. The zero-order valence-electron chi connectivity index (χ0n) is 17.5. The van der Waals surface area contributed by atoms with E-state index in [0.29, 0.717) is 16.3 Å². The van der Waals surface area contributed by atoms with E-state index < -0.39 is 21.5 Å². The standard InChI is InChI=1S/C23H25ClN2O4S/c1-16(12-13-18-8-4-3-5-9-18)25-22(27)15-31(28,29)14-21-17(2)30-23(26-21)19-10-6-7-11-20(19)24/h3-11,16H,12-15H2,1-2H3,(H,25,27)/t16-/m1/s1. The van der Waals surface area contributed by atoms with Crippen molar-refractivity contribution in [3.8, 4) is 11.5 Å². The van der Waals surface area contributed by atoms with Crippen LogP contribution in [0.15, 0.2) is 59.0 Å². The van der Waals surface area contributed by atoms with E-state index in [1.54, 1.807) is 31.2 Å². The van der Waals surface area contributed by atoms with Crippen molar-refractivity contribution in [2.24, 2.45) is 0 Å². The summed E-state index contributed by atoms with van der Waals surface area (Å²) in [7, 11) is -3.72. The molecule has 1 atom stereocenters. The van der Waals surface area contributed by atoms with Crippen LogP contribution >= 0.6 is 11.6 Å². The van der Waals surface area contributed by atoms with Crippen LogP contribution in [0.3, 0.4) is 0 Å². The van der Waals surface area contributed by atoms with Gasteiger partial charge < -0.3 is 9.73 Å². The Morgan fingerprint density at radius 3 is 2.52 bits per heavy atom. The third-order valence-electron chi connectivity index (χ3n) is 4.82. The Bertz CT molecular complexity index is 1140. The predicted octanol–water partition coefficient (Wildman–Crippen LogP) is 4.36. The van der Waals surface area contributed by atoms with E-state index in [4.69, 9.17) is 16.0 Å². The fraction of sp³-hybridized carbons (Fsp3) is 0.304. The second kappa shape index (κ2) is 10.1. The Labute approximate surface area is 187 Å². The molecule has 31 heavy (non-hydrogen) atoms. The molecule has 0 radical (unpaired) electrons. The van der Waals surface area contributed by atoms with Gasteiger partial charge in [-0.15, -0.1) is 0 Å². The summed E-state index contributed by atoms with van der Waals surface area (Å²) in [5, 5.41) is 3.23. The molecule has 0 aliphatic carbocycles. The zero-order chi connectivity index (χ0) is 22.4. The maximum absolute atomic E-state index is 12.6. The van der Waals surface area contributed by atoms with Crippen molar-refractivity contribution in [1.29, 1.82) is 0 Å². The van der Waals surface area contributed by atoms with E-state index in [1.165, 1.54) is 5.56 Å². The lowest BCUT2D eigenvalue weighted by molar-refractivity contribution is -0.119. The third kappa shape index (κ3) is 6.67. The van der Waals surface area contributed by atoms with Gasteiger partial charge in [0.15, 0.2) is 9.84 Å². The Kier molecular flexibility index (Phi) is 7.51. The Hall–Kier alpha value is -2.64. The van der Waals surface area contributed by atoms with Gasteiger partial charge in [0.05, 0.1) is 22.0 Å². The van der Waals surface area contributed by atoms with Crippen LogP contribution < -0.4 is 5.32 Å². The van der Waals surface area contributed by atoms with Crippen molar-refractivity contribution in [3.05, 3.63) is 76.6 Å². The molecule has 0 unspecified atom stereocenters. The van der Waals surface area contributed by atoms with Gasteiger partial charge in [-0.1, -0.05) is 54.1 Å². The molecule has 164 valence electrons. The summed E-state index contributed by atoms with van der Waals surface area (Å²) in [6.45, 7) is 3.51. The molecule has 1 N–H and O–H groups in total. The molecule has 1 heterocycles. The van der Waals surface area contributed by atoms with Crippen molar-refractivity contribution in [2.75, 3.05) is 5.75 Å². The van der Waals surface area contributed by atoms with Gasteiger partial charge in [-0.3, -0.25) is 4.79 Å². The second-order valence-electron chi connectivity index (χ2n) is 7.53. The molecule has 3 aromatic rings. The summed E-state index contributed by atoms with van der Waals surface area (Å²) in [6.07, 6.45) is 1.53. The molecule has 0 aliphatic rings. The number of nitrogens with one attached hydrogen (secondary N) is 1. The maximum Gasteiger partial charge on any atom is 0.235 e. The molecule has 0 saturated carbocycles. The highest BCUT2D eigenvalue weighted by Gasteiger charge is 2.23. The minimum Gasteiger partial charge on any atom is -0.441 e. The topological polar surface area (TPSA) is 89.3 Å². The highest BCUT2D eigenvalue weighted by molar-refractivity contribution is 7.91. The zero-order valence-corrected chi connectivity index (χ0v) is 19.0. The molecule has 1 amide bonds. The molecule has 8 heteroatoms. The van der Waals surface area contributed by atoms with Gasteiger partial charge in [0.2, 0.25) is 11.8 Å². The first-order valence-corrected chi connectivity index (χ1v) is 12.2. The average molecular weight is 461 g/mol. The van der Waals surface area contributed by atoms with Gasteiger partial charge in [-0.05, 0) is 44.4 Å². The summed E-state index contributed by atoms with van der Waals surface area (Å²) in [5.74, 6) is -0.856. The largest absolute Gasteiger partial charge is 0.441 e. The number of nitrogens with zero attached hydrogens (tertiary/aromatic N) is 1. The van der Waals surface area contributed by atoms with Crippen LogP contribution in [-0.2, 0) is 26.8 Å². The van der Waals surface area contributed by atoms with Crippen LogP contribution in [0.5, 0.6) is 0 Å². The molecule has 3 rings (SSSR count). The van der Waals surface area contributed by atoms with Crippen molar-refractivity contribution in [3.63, 3.8) is 0 Å². The summed E-state index contributed by atoms with van der Waals surface area (Å²) in [6, 6.07) is 16.8. The highest BCUT2D eigenvalue weighted by Crippen LogP contribution is 2.28. The summed E-state index contributed by atoms with van der Waals surface area (Å²) >= 11 is 6.16. The van der Waals surface area contributed by atoms with Gasteiger partial charge in [0.25, 0.3) is 0 Å². The van der Waals surface area contributed by atoms with Crippen molar-refractivity contribution >= 4 is 27.3 Å². The number of aromatic nitrogens is 1. The SMILES string of the molecule is Cc1oc(-c2ccccc2Cl)nc1CS(=O)(=O)CC(=O)N[C@H](C)CCc1ccccc1. The number of carbonyl (C=O) groups is 1. The first-order chi connectivity index (χ1) is 14.7. The number of hydrogen-bond donors (Lipinski definition) is 1. The maximum atomic E-state index is 12.6. The summed E-state index contributed by atoms with van der Waals surface area (Å²) in [4.78, 5) is 16.6. The van der Waals surface area contributed by atoms with Gasteiger partial charge in [-0.25, -0.2) is 13.4 Å². The number of halogens is 1. The highest BCUT2D eigenvalue weighted by atomic mass is 35.5. The fourth-order valence-electron chi connectivity index (χ4n) is 3.19. The number of benzene rings is 2. The molecule has 0 saturated heterocycles. The van der Waals surface area contributed by atoms with E-state index in [-0.39, 0.29) is 23.4 Å². The minimum absolute atomic E-state index is 0.136. The monoisotopic (exact) mass is 460 g/mol. The number of oxazole rings is 1. The molecule has 0 aliphatic heterocycles. The van der Waals surface area contributed by atoms with E-state index in [1.807, 2.05) is 37.3 Å². The smallest absolute Gasteiger partial charge is 0.235 e. The van der Waals surface area contributed by atoms with E-state index in [2.05, 4.69) is 10.3 Å². The van der Waals surface area contributed by atoms with Crippen LogP contribution in [-0.4, -0.2) is 31.1 Å².